The van der Waals surface area contributed by atoms with Crippen LogP contribution in [0, 0.1) is 112 Å². The van der Waals surface area contributed by atoms with Crippen LogP contribution in [-0.4, -0.2) is 61.8 Å². The van der Waals surface area contributed by atoms with Crippen molar-refractivity contribution in [1.29, 1.82) is 0 Å². The first-order valence-corrected chi connectivity index (χ1v) is 26.1. The van der Waals surface area contributed by atoms with Gasteiger partial charge in [-0.05, 0) is 98.7 Å². The van der Waals surface area contributed by atoms with E-state index >= 15 is 0 Å². The summed E-state index contributed by atoms with van der Waals surface area (Å²) >= 11 is 0. The predicted molar refractivity (Wildman–Crippen MR) is 252 cm³/mol. The van der Waals surface area contributed by atoms with Gasteiger partial charge in [0.05, 0.1) is 24.4 Å². The fourth-order valence-electron chi connectivity index (χ4n) is 16.4. The maximum atomic E-state index is 12.9. The summed E-state index contributed by atoms with van der Waals surface area (Å²) in [6.07, 6.45) is 15.6. The molecule has 0 amide bonds. The van der Waals surface area contributed by atoms with Gasteiger partial charge in [0.1, 0.15) is 6.10 Å². The van der Waals surface area contributed by atoms with Crippen LogP contribution < -0.4 is 0 Å². The second kappa shape index (κ2) is 22.3. The van der Waals surface area contributed by atoms with Crippen molar-refractivity contribution in [2.45, 2.75) is 237 Å². The van der Waals surface area contributed by atoms with Crippen LogP contribution in [0.25, 0.3) is 0 Å². The number of hydrogen-bond acceptors (Lipinski definition) is 7. The molecule has 8 aliphatic rings. The van der Waals surface area contributed by atoms with Crippen molar-refractivity contribution >= 4 is 6.29 Å². The Balaban J connectivity index is 0.00000238. The van der Waals surface area contributed by atoms with Crippen molar-refractivity contribution in [2.75, 3.05) is 0 Å². The van der Waals surface area contributed by atoms with Crippen molar-refractivity contribution in [2.24, 2.45) is 92.2 Å². The molecule has 0 aromatic heterocycles. The standard InChI is InChI=1S/C55H91O7.CH3.V.W.Y/c1-17-43-33(5)31(3)35(7)49(59-43)62-47-46(61-48-34(6)30(2)32(4)38(10)57-48)36(8)39(11)58-50(47)60-44-21-22-52(14)40(37(44)9)20-23-54(16)45(52)19-18-41-42-28-51(12,13)24-26-55(42,29-56)27-25-53(41,54)15;;;;/h27,30-36,38-50H,17-26,28H2,1-16H3;1H3;;;/q-3;-1;;;/t30?,31-,32-,33+,34?,35?,36-,38-,39?,40-,41?,42?,43?,44-,45?,46-,47?,48+,49-,50-,52?,53+,54-,55+;;;;/m0..../s1. The summed E-state index contributed by atoms with van der Waals surface area (Å²) in [5, 5.41) is 0. The van der Waals surface area contributed by atoms with E-state index < -0.39 is 12.4 Å². The molecule has 3 heterocycles. The van der Waals surface area contributed by atoms with E-state index in [4.69, 9.17) is 28.4 Å². The van der Waals surface area contributed by atoms with Crippen molar-refractivity contribution in [3.8, 4) is 0 Å². The first-order valence-electron chi connectivity index (χ1n) is 26.1. The Morgan fingerprint density at radius 3 is 1.88 bits per heavy atom. The largest absolute Gasteiger partial charge is 0.544 e. The van der Waals surface area contributed by atoms with Gasteiger partial charge in [-0.3, -0.25) is 17.6 Å². The molecule has 3 saturated heterocycles. The van der Waals surface area contributed by atoms with Crippen molar-refractivity contribution in [3.63, 3.8) is 0 Å². The summed E-state index contributed by atoms with van der Waals surface area (Å²) in [7, 11) is 0. The molecule has 24 atom stereocenters. The van der Waals surface area contributed by atoms with Crippen LogP contribution in [0.3, 0.4) is 0 Å². The molecule has 0 spiro atoms. The maximum Gasteiger partial charge on any atom is 0.184 e. The van der Waals surface area contributed by atoms with Crippen LogP contribution in [0.4, 0.5) is 0 Å². The third kappa shape index (κ3) is 10.1. The van der Waals surface area contributed by atoms with Gasteiger partial charge < -0.3 is 47.1 Å². The minimum Gasteiger partial charge on any atom is -0.544 e. The minimum atomic E-state index is -0.593. The van der Waals surface area contributed by atoms with E-state index in [1.54, 1.807) is 0 Å². The summed E-state index contributed by atoms with van der Waals surface area (Å²) in [5.41, 5.74) is 0.537. The monoisotopic (exact) mass is 1200 g/mol. The van der Waals surface area contributed by atoms with E-state index in [0.29, 0.717) is 47.3 Å². The van der Waals surface area contributed by atoms with Gasteiger partial charge >= 0.3 is 0 Å². The second-order valence-corrected chi connectivity index (χ2v) is 25.2. The summed E-state index contributed by atoms with van der Waals surface area (Å²) in [5.74, 6) is 5.98. The van der Waals surface area contributed by atoms with E-state index in [1.165, 1.54) is 31.6 Å². The summed E-state index contributed by atoms with van der Waals surface area (Å²) in [4.78, 5) is 12.9. The Labute approximate surface area is 456 Å². The van der Waals surface area contributed by atoms with Gasteiger partial charge in [-0.15, -0.1) is 0 Å². The van der Waals surface area contributed by atoms with Gasteiger partial charge in [0, 0.05) is 90.1 Å². The number of ether oxygens (including phenoxy) is 6. The maximum absolute atomic E-state index is 12.9. The minimum absolute atomic E-state index is 0. The molecule has 5 saturated carbocycles. The van der Waals surface area contributed by atoms with E-state index in [1.807, 2.05) is 0 Å². The topological polar surface area (TPSA) is 72.5 Å². The molecular weight excluding hydrogens is 1110 g/mol. The SMILES string of the molecule is CCC1O[C@@H](OC2[C@H](O[C@H]3CCC4(C)C5CCC6C7CC(C)(C)CC[C@]7([C-]=O)[CH-]C[C@@]6(C)[C@@]5(C)CC[C@H]4[C-]3C)OC(C)[C@H](C)[C@@H]2O[C@H]2O[C@@H](C)[C@@H](C)C(C)C2C)C(C)[C@@H](C)[C@H]1C.[CH3-].[V].[W].[Y]. The zero-order chi connectivity index (χ0) is 45.1. The van der Waals surface area contributed by atoms with Crippen LogP contribution in [0.15, 0.2) is 0 Å². The predicted octanol–water partition coefficient (Wildman–Crippen LogP) is 13.0. The molecule has 0 aromatic rings. The Bertz CT molecular complexity index is 1600. The molecule has 2 radical (unpaired) electrons. The van der Waals surface area contributed by atoms with Gasteiger partial charge in [-0.2, -0.15) is 19.3 Å². The molecule has 0 N–H and O–H groups in total. The normalized spacial score (nSPS) is 53.3. The Kier molecular flexibility index (Phi) is 20.4. The number of rotatable bonds is 8. The van der Waals surface area contributed by atoms with Gasteiger partial charge in [0.25, 0.3) is 0 Å². The Morgan fingerprint density at radius 2 is 1.24 bits per heavy atom. The molecular formula is C56H94O7VWY-4. The number of carbonyl (C=O) groups excluding carboxylic acids is 1. The van der Waals surface area contributed by atoms with Gasteiger partial charge in [0.15, 0.2) is 18.9 Å². The van der Waals surface area contributed by atoms with Gasteiger partial charge in [0.2, 0.25) is 0 Å². The van der Waals surface area contributed by atoms with Crippen LogP contribution in [0.2, 0.25) is 0 Å². The van der Waals surface area contributed by atoms with Crippen molar-refractivity contribution in [1.82, 2.24) is 0 Å². The molecule has 3 aliphatic heterocycles. The molecule has 7 nitrogen and oxygen atoms in total. The number of hydrogen-bond donors (Lipinski definition) is 0. The molecule has 378 valence electrons. The molecule has 5 aliphatic carbocycles. The molecule has 66 heavy (non-hydrogen) atoms. The van der Waals surface area contributed by atoms with Crippen LogP contribution in [-0.2, 0) is 106 Å². The van der Waals surface area contributed by atoms with E-state index in [2.05, 4.69) is 123 Å². The van der Waals surface area contributed by atoms with Crippen LogP contribution in [0.1, 0.15) is 181 Å². The van der Waals surface area contributed by atoms with E-state index in [9.17, 15) is 4.79 Å². The van der Waals surface area contributed by atoms with Crippen molar-refractivity contribution < 1.29 is 106 Å². The summed E-state index contributed by atoms with van der Waals surface area (Å²) in [6, 6.07) is 0. The third-order valence-corrected chi connectivity index (χ3v) is 22.1. The fraction of sp³-hybridized carbons (Fsp3) is 0.929. The Hall–Kier alpha value is 1.81. The molecule has 0 aromatic carbocycles. The second-order valence-electron chi connectivity index (χ2n) is 25.2. The first kappa shape index (κ1) is 60.4. The number of fused-ring (bicyclic) bond motifs is 7. The molecule has 8 rings (SSSR count). The Morgan fingerprint density at radius 1 is 0.652 bits per heavy atom. The van der Waals surface area contributed by atoms with Crippen molar-refractivity contribution in [3.05, 3.63) is 19.8 Å². The summed E-state index contributed by atoms with van der Waals surface area (Å²) in [6.45, 7) is 38.1. The molecule has 0 bridgehead atoms. The quantitative estimate of drug-likeness (QED) is 0.177. The zero-order valence-electron chi connectivity index (χ0n) is 44.7. The summed E-state index contributed by atoms with van der Waals surface area (Å²) < 4.78 is 42.5. The third-order valence-electron chi connectivity index (χ3n) is 22.1. The van der Waals surface area contributed by atoms with Gasteiger partial charge in [-0.25, -0.2) is 0 Å². The first-order chi connectivity index (χ1) is 29.1. The van der Waals surface area contributed by atoms with Crippen LogP contribution in [0.5, 0.6) is 0 Å². The smallest absolute Gasteiger partial charge is 0.184 e. The van der Waals surface area contributed by atoms with E-state index in [-0.39, 0.29) is 168 Å². The molecule has 10 heteroatoms. The van der Waals surface area contributed by atoms with Gasteiger partial charge in [-0.1, -0.05) is 139 Å². The fourth-order valence-corrected chi connectivity index (χ4v) is 16.4. The average molecular weight is 1200 g/mol. The van der Waals surface area contributed by atoms with E-state index in [0.717, 1.165) is 44.9 Å². The van der Waals surface area contributed by atoms with Crippen LogP contribution >= 0.6 is 0 Å². The average Bonchev–Trinajstić information content (AvgIpc) is 3.23. The molecule has 10 unspecified atom stereocenters. The zero-order valence-corrected chi connectivity index (χ0v) is 51.9. The molecule has 8 fully saturated rings.